The normalized spacial score (nSPS) is 10.7. The highest BCUT2D eigenvalue weighted by atomic mass is 35.5. The number of nitrogens with zero attached hydrogens (tertiary/aromatic N) is 1. The lowest BCUT2D eigenvalue weighted by atomic mass is 10.4. The molecule has 0 saturated heterocycles. The molecule has 0 bridgehead atoms. The Bertz CT molecular complexity index is 325. The van der Waals surface area contributed by atoms with Crippen molar-refractivity contribution in [1.82, 2.24) is 10.2 Å². The second-order valence-electron chi connectivity index (χ2n) is 3.52. The number of nitrogens with one attached hydrogen (secondary N) is 1. The summed E-state index contributed by atoms with van der Waals surface area (Å²) in [4.78, 5) is 14.3. The van der Waals surface area contributed by atoms with Crippen molar-refractivity contribution in [3.63, 3.8) is 0 Å². The van der Waals surface area contributed by atoms with E-state index < -0.39 is 0 Å². The van der Waals surface area contributed by atoms with Gasteiger partial charge in [-0.25, -0.2) is 0 Å². The van der Waals surface area contributed by atoms with Crippen LogP contribution in [0.4, 0.5) is 0 Å². The topological polar surface area (TPSA) is 32.3 Å². The molecule has 1 aromatic heterocycles. The minimum Gasteiger partial charge on any atom is -0.351 e. The fourth-order valence-corrected chi connectivity index (χ4v) is 2.08. The van der Waals surface area contributed by atoms with Crippen LogP contribution in [0.1, 0.15) is 16.1 Å². The fourth-order valence-electron chi connectivity index (χ4n) is 1.12. The largest absolute Gasteiger partial charge is 0.351 e. The molecule has 15 heavy (non-hydrogen) atoms. The molecule has 0 aliphatic carbocycles. The Morgan fingerprint density at radius 3 is 2.80 bits per heavy atom. The summed E-state index contributed by atoms with van der Waals surface area (Å²) in [7, 11) is 4.03. The lowest BCUT2D eigenvalue weighted by molar-refractivity contribution is 0.0956. The maximum atomic E-state index is 11.5. The zero-order valence-electron chi connectivity index (χ0n) is 8.92. The Kier molecular flexibility index (Phi) is 5.08. The van der Waals surface area contributed by atoms with Crippen molar-refractivity contribution in [1.29, 1.82) is 0 Å². The number of carbonyl (C=O) groups is 1. The highest BCUT2D eigenvalue weighted by molar-refractivity contribution is 7.17. The maximum absolute atomic E-state index is 11.5. The lowest BCUT2D eigenvalue weighted by Gasteiger charge is -2.09. The summed E-state index contributed by atoms with van der Waals surface area (Å²) in [6.45, 7) is 1.68. The van der Waals surface area contributed by atoms with Crippen molar-refractivity contribution in [2.75, 3.05) is 27.2 Å². The van der Waals surface area contributed by atoms with Crippen molar-refractivity contribution >= 4 is 28.8 Å². The van der Waals surface area contributed by atoms with Crippen molar-refractivity contribution in [3.8, 4) is 0 Å². The molecular formula is C10H15ClN2OS. The average molecular weight is 247 g/mol. The number of carbonyl (C=O) groups excluding carboxylic acids is 1. The van der Waals surface area contributed by atoms with Gasteiger partial charge in [0.05, 0.1) is 9.21 Å². The van der Waals surface area contributed by atoms with E-state index in [9.17, 15) is 4.79 Å². The average Bonchev–Trinajstić information content (AvgIpc) is 2.59. The molecule has 0 aromatic carbocycles. The van der Waals surface area contributed by atoms with Crippen LogP contribution in [0.25, 0.3) is 0 Å². The number of halogens is 1. The molecule has 84 valence electrons. The Balaban J connectivity index is 2.25. The number of rotatable bonds is 5. The smallest absolute Gasteiger partial charge is 0.261 e. The lowest BCUT2D eigenvalue weighted by Crippen LogP contribution is -2.26. The van der Waals surface area contributed by atoms with Crippen molar-refractivity contribution < 1.29 is 4.79 Å². The van der Waals surface area contributed by atoms with Gasteiger partial charge in [0.1, 0.15) is 0 Å². The van der Waals surface area contributed by atoms with Gasteiger partial charge >= 0.3 is 0 Å². The first-order chi connectivity index (χ1) is 7.09. The van der Waals surface area contributed by atoms with Crippen molar-refractivity contribution in [2.24, 2.45) is 0 Å². The van der Waals surface area contributed by atoms with Gasteiger partial charge in [-0.2, -0.15) is 0 Å². The van der Waals surface area contributed by atoms with E-state index in [2.05, 4.69) is 10.2 Å². The van der Waals surface area contributed by atoms with E-state index in [1.807, 2.05) is 14.1 Å². The second kappa shape index (κ2) is 6.10. The summed E-state index contributed by atoms with van der Waals surface area (Å²) < 4.78 is 0.647. The number of hydrogen-bond acceptors (Lipinski definition) is 3. The highest BCUT2D eigenvalue weighted by Gasteiger charge is 2.07. The van der Waals surface area contributed by atoms with Gasteiger partial charge in [-0.1, -0.05) is 11.6 Å². The van der Waals surface area contributed by atoms with E-state index >= 15 is 0 Å². The molecule has 0 aliphatic heterocycles. The van der Waals surface area contributed by atoms with E-state index in [0.29, 0.717) is 15.8 Å². The Morgan fingerprint density at radius 1 is 1.53 bits per heavy atom. The fraction of sp³-hybridized carbons (Fsp3) is 0.500. The summed E-state index contributed by atoms with van der Waals surface area (Å²) in [5.41, 5.74) is 0. The molecular weight excluding hydrogens is 232 g/mol. The first-order valence-electron chi connectivity index (χ1n) is 4.78. The van der Waals surface area contributed by atoms with Gasteiger partial charge in [-0.15, -0.1) is 11.3 Å². The quantitative estimate of drug-likeness (QED) is 0.807. The number of thiophene rings is 1. The minimum absolute atomic E-state index is 0.0364. The molecule has 0 unspecified atom stereocenters. The van der Waals surface area contributed by atoms with Gasteiger partial charge in [-0.05, 0) is 39.2 Å². The molecule has 3 nitrogen and oxygen atoms in total. The molecule has 0 saturated carbocycles. The molecule has 1 N–H and O–H groups in total. The van der Waals surface area contributed by atoms with Crippen molar-refractivity contribution in [3.05, 3.63) is 21.3 Å². The van der Waals surface area contributed by atoms with Crippen LogP contribution in [0.2, 0.25) is 4.34 Å². The number of amides is 1. The zero-order chi connectivity index (χ0) is 11.3. The molecule has 5 heteroatoms. The van der Waals surface area contributed by atoms with Crippen LogP contribution in [0.15, 0.2) is 12.1 Å². The van der Waals surface area contributed by atoms with E-state index in [1.54, 1.807) is 12.1 Å². The molecule has 0 radical (unpaired) electrons. The van der Waals surface area contributed by atoms with E-state index in [-0.39, 0.29) is 5.91 Å². The van der Waals surface area contributed by atoms with Crippen LogP contribution < -0.4 is 5.32 Å². The van der Waals surface area contributed by atoms with Crippen LogP contribution in [-0.2, 0) is 0 Å². The predicted molar refractivity (Wildman–Crippen MR) is 64.8 cm³/mol. The molecule has 1 heterocycles. The third-order valence-corrected chi connectivity index (χ3v) is 3.09. The van der Waals surface area contributed by atoms with Crippen LogP contribution in [0.3, 0.4) is 0 Å². The highest BCUT2D eigenvalue weighted by Crippen LogP contribution is 2.20. The Labute approximate surface area is 99.0 Å². The summed E-state index contributed by atoms with van der Waals surface area (Å²) in [6, 6.07) is 3.48. The summed E-state index contributed by atoms with van der Waals surface area (Å²) in [6.07, 6.45) is 0.956. The third-order valence-electron chi connectivity index (χ3n) is 1.86. The molecule has 1 aromatic rings. The standard InChI is InChI=1S/C10H15ClN2OS/c1-13(2)7-3-6-12-10(14)8-4-5-9(11)15-8/h4-5H,3,6-7H2,1-2H3,(H,12,14). The Morgan fingerprint density at radius 2 is 2.27 bits per heavy atom. The van der Waals surface area contributed by atoms with Gasteiger partial charge in [0.2, 0.25) is 0 Å². The van der Waals surface area contributed by atoms with E-state index in [4.69, 9.17) is 11.6 Å². The molecule has 0 fully saturated rings. The van der Waals surface area contributed by atoms with E-state index in [0.717, 1.165) is 13.0 Å². The molecule has 0 atom stereocenters. The molecule has 0 spiro atoms. The second-order valence-corrected chi connectivity index (χ2v) is 5.23. The monoisotopic (exact) mass is 246 g/mol. The minimum atomic E-state index is -0.0364. The molecule has 0 aliphatic rings. The van der Waals surface area contributed by atoms with Crippen LogP contribution in [0.5, 0.6) is 0 Å². The predicted octanol–water partition coefficient (Wildman–Crippen LogP) is 2.08. The van der Waals surface area contributed by atoms with Crippen LogP contribution >= 0.6 is 22.9 Å². The summed E-state index contributed by atoms with van der Waals surface area (Å²) in [5, 5.41) is 2.85. The Hall–Kier alpha value is -0.580. The van der Waals surface area contributed by atoms with Gasteiger partial charge < -0.3 is 10.2 Å². The first-order valence-corrected chi connectivity index (χ1v) is 5.97. The third kappa shape index (κ3) is 4.64. The van der Waals surface area contributed by atoms with Gasteiger partial charge in [0.25, 0.3) is 5.91 Å². The van der Waals surface area contributed by atoms with Gasteiger partial charge in [0, 0.05) is 6.54 Å². The zero-order valence-corrected chi connectivity index (χ0v) is 10.5. The number of hydrogen-bond donors (Lipinski definition) is 1. The van der Waals surface area contributed by atoms with Gasteiger partial charge in [-0.3, -0.25) is 4.79 Å². The molecule has 1 rings (SSSR count). The molecule has 1 amide bonds. The van der Waals surface area contributed by atoms with Crippen LogP contribution in [-0.4, -0.2) is 38.0 Å². The van der Waals surface area contributed by atoms with E-state index in [1.165, 1.54) is 11.3 Å². The first kappa shape index (κ1) is 12.5. The van der Waals surface area contributed by atoms with Gasteiger partial charge in [0.15, 0.2) is 0 Å². The maximum Gasteiger partial charge on any atom is 0.261 e. The SMILES string of the molecule is CN(C)CCCNC(=O)c1ccc(Cl)s1. The summed E-state index contributed by atoms with van der Waals surface area (Å²) >= 11 is 7.04. The van der Waals surface area contributed by atoms with Crippen molar-refractivity contribution in [2.45, 2.75) is 6.42 Å². The van der Waals surface area contributed by atoms with Crippen LogP contribution in [0, 0.1) is 0 Å². The summed E-state index contributed by atoms with van der Waals surface area (Å²) in [5.74, 6) is -0.0364.